The van der Waals surface area contributed by atoms with Crippen LogP contribution in [0.1, 0.15) is 35.2 Å². The number of nitrogens with zero attached hydrogens (tertiary/aromatic N) is 1. The van der Waals surface area contributed by atoms with Crippen LogP contribution in [0.2, 0.25) is 0 Å². The summed E-state index contributed by atoms with van der Waals surface area (Å²) >= 11 is 0. The first kappa shape index (κ1) is 13.4. The van der Waals surface area contributed by atoms with E-state index in [1.165, 1.54) is 0 Å². The van der Waals surface area contributed by atoms with Gasteiger partial charge in [0.05, 0.1) is 12.2 Å². The first-order valence-corrected chi connectivity index (χ1v) is 6.36. The van der Waals surface area contributed by atoms with Gasteiger partial charge in [0, 0.05) is 19.0 Å². The van der Waals surface area contributed by atoms with E-state index in [1.807, 2.05) is 12.1 Å². The van der Waals surface area contributed by atoms with Gasteiger partial charge in [0.15, 0.2) is 0 Å². The van der Waals surface area contributed by atoms with Crippen molar-refractivity contribution in [2.24, 2.45) is 0 Å². The standard InChI is InChI=1S/C14H17NO4/c1-2-19-14(18)15-8-7-12(9-15)10-3-5-11(6-4-10)13(16)17/h3-6,12H,2,7-9H2,1H3,(H,16,17). The molecule has 1 saturated heterocycles. The summed E-state index contributed by atoms with van der Waals surface area (Å²) < 4.78 is 4.97. The molecule has 102 valence electrons. The fraction of sp³-hybridized carbons (Fsp3) is 0.429. The van der Waals surface area contributed by atoms with E-state index < -0.39 is 5.97 Å². The third-order valence-corrected chi connectivity index (χ3v) is 3.34. The molecule has 1 aliphatic rings. The van der Waals surface area contributed by atoms with Gasteiger partial charge in [0.1, 0.15) is 0 Å². The third-order valence-electron chi connectivity index (χ3n) is 3.34. The van der Waals surface area contributed by atoms with Gasteiger partial charge in [-0.1, -0.05) is 12.1 Å². The Balaban J connectivity index is 2.00. The summed E-state index contributed by atoms with van der Waals surface area (Å²) in [5.74, 6) is -0.668. The van der Waals surface area contributed by atoms with Gasteiger partial charge in [-0.15, -0.1) is 0 Å². The van der Waals surface area contributed by atoms with Crippen molar-refractivity contribution >= 4 is 12.1 Å². The molecule has 1 N–H and O–H groups in total. The smallest absolute Gasteiger partial charge is 0.409 e. The topological polar surface area (TPSA) is 66.8 Å². The van der Waals surface area contributed by atoms with E-state index in [0.717, 1.165) is 12.0 Å². The Bertz CT molecular complexity index is 469. The van der Waals surface area contributed by atoms with Crippen molar-refractivity contribution in [2.45, 2.75) is 19.3 Å². The van der Waals surface area contributed by atoms with Crippen molar-refractivity contribution in [2.75, 3.05) is 19.7 Å². The molecule has 0 aromatic heterocycles. The lowest BCUT2D eigenvalue weighted by Crippen LogP contribution is -2.29. The minimum absolute atomic E-state index is 0.257. The molecule has 0 radical (unpaired) electrons. The third kappa shape index (κ3) is 3.05. The first-order chi connectivity index (χ1) is 9.11. The number of carbonyl (C=O) groups excluding carboxylic acids is 1. The Kier molecular flexibility index (Phi) is 4.04. The minimum atomic E-state index is -0.925. The first-order valence-electron chi connectivity index (χ1n) is 6.36. The number of rotatable bonds is 3. The summed E-state index contributed by atoms with van der Waals surface area (Å²) in [6.45, 7) is 3.48. The van der Waals surface area contributed by atoms with E-state index in [2.05, 4.69) is 0 Å². The lowest BCUT2D eigenvalue weighted by atomic mass is 9.97. The van der Waals surface area contributed by atoms with Crippen molar-refractivity contribution < 1.29 is 19.4 Å². The van der Waals surface area contributed by atoms with Gasteiger partial charge >= 0.3 is 12.1 Å². The van der Waals surface area contributed by atoms with Gasteiger partial charge in [0.25, 0.3) is 0 Å². The zero-order chi connectivity index (χ0) is 13.8. The van der Waals surface area contributed by atoms with E-state index in [-0.39, 0.29) is 17.6 Å². The molecule has 1 fully saturated rings. The van der Waals surface area contributed by atoms with Gasteiger partial charge in [0.2, 0.25) is 0 Å². The Morgan fingerprint density at radius 3 is 2.63 bits per heavy atom. The maximum atomic E-state index is 11.6. The Labute approximate surface area is 111 Å². The van der Waals surface area contributed by atoms with Gasteiger partial charge in [-0.3, -0.25) is 0 Å². The zero-order valence-corrected chi connectivity index (χ0v) is 10.8. The van der Waals surface area contributed by atoms with Gasteiger partial charge in [-0.25, -0.2) is 9.59 Å². The quantitative estimate of drug-likeness (QED) is 0.908. The van der Waals surface area contributed by atoms with Crippen molar-refractivity contribution in [3.63, 3.8) is 0 Å². The lowest BCUT2D eigenvalue weighted by molar-refractivity contribution is 0.0696. The van der Waals surface area contributed by atoms with Crippen LogP contribution in [-0.4, -0.2) is 41.8 Å². The number of hydrogen-bond acceptors (Lipinski definition) is 3. The highest BCUT2D eigenvalue weighted by molar-refractivity contribution is 5.87. The van der Waals surface area contributed by atoms with Crippen LogP contribution in [-0.2, 0) is 4.74 Å². The van der Waals surface area contributed by atoms with Crippen molar-refractivity contribution in [3.05, 3.63) is 35.4 Å². The molecular weight excluding hydrogens is 246 g/mol. The molecule has 0 aliphatic carbocycles. The largest absolute Gasteiger partial charge is 0.478 e. The normalized spacial score (nSPS) is 18.4. The summed E-state index contributed by atoms with van der Waals surface area (Å²) in [5, 5.41) is 8.85. The monoisotopic (exact) mass is 263 g/mol. The molecule has 1 aliphatic heterocycles. The average molecular weight is 263 g/mol. The maximum absolute atomic E-state index is 11.6. The van der Waals surface area contributed by atoms with Crippen molar-refractivity contribution in [1.29, 1.82) is 0 Å². The number of benzene rings is 1. The second-order valence-corrected chi connectivity index (χ2v) is 4.56. The number of carboxylic acids is 1. The van der Waals surface area contributed by atoms with Crippen LogP contribution in [0.3, 0.4) is 0 Å². The number of ether oxygens (including phenoxy) is 1. The van der Waals surface area contributed by atoms with Crippen LogP contribution in [0.25, 0.3) is 0 Å². The fourth-order valence-corrected chi connectivity index (χ4v) is 2.31. The number of aromatic carboxylic acids is 1. The van der Waals surface area contributed by atoms with Gasteiger partial charge < -0.3 is 14.7 Å². The lowest BCUT2D eigenvalue weighted by Gasteiger charge is -2.15. The van der Waals surface area contributed by atoms with E-state index >= 15 is 0 Å². The van der Waals surface area contributed by atoms with Gasteiger partial charge in [-0.2, -0.15) is 0 Å². The average Bonchev–Trinajstić information content (AvgIpc) is 2.89. The van der Waals surface area contributed by atoms with Crippen molar-refractivity contribution in [1.82, 2.24) is 4.90 Å². The molecular formula is C14H17NO4. The molecule has 5 nitrogen and oxygen atoms in total. The van der Waals surface area contributed by atoms with E-state index in [0.29, 0.717) is 19.7 Å². The molecule has 2 rings (SSSR count). The second kappa shape index (κ2) is 5.73. The predicted octanol–water partition coefficient (Wildman–Crippen LogP) is 2.33. The Morgan fingerprint density at radius 1 is 1.37 bits per heavy atom. The number of carbonyl (C=O) groups is 2. The Morgan fingerprint density at radius 2 is 2.05 bits per heavy atom. The molecule has 0 spiro atoms. The van der Waals surface area contributed by atoms with Gasteiger partial charge in [-0.05, 0) is 31.0 Å². The summed E-state index contributed by atoms with van der Waals surface area (Å²) in [7, 11) is 0. The van der Waals surface area contributed by atoms with Crippen LogP contribution in [0, 0.1) is 0 Å². The number of amides is 1. The van der Waals surface area contributed by atoms with Crippen LogP contribution >= 0.6 is 0 Å². The zero-order valence-electron chi connectivity index (χ0n) is 10.8. The Hall–Kier alpha value is -2.04. The van der Waals surface area contributed by atoms with E-state index in [9.17, 15) is 9.59 Å². The van der Waals surface area contributed by atoms with Crippen LogP contribution in [0.15, 0.2) is 24.3 Å². The molecule has 1 unspecified atom stereocenters. The minimum Gasteiger partial charge on any atom is -0.478 e. The number of hydrogen-bond donors (Lipinski definition) is 1. The molecule has 1 heterocycles. The molecule has 1 amide bonds. The molecule has 0 bridgehead atoms. The summed E-state index contributed by atoms with van der Waals surface area (Å²) in [4.78, 5) is 24.1. The molecule has 1 aromatic carbocycles. The molecule has 1 aromatic rings. The van der Waals surface area contributed by atoms with Crippen LogP contribution in [0.5, 0.6) is 0 Å². The summed E-state index contributed by atoms with van der Waals surface area (Å²) in [6, 6.07) is 6.85. The van der Waals surface area contributed by atoms with Crippen LogP contribution in [0.4, 0.5) is 4.79 Å². The molecule has 19 heavy (non-hydrogen) atoms. The highest BCUT2D eigenvalue weighted by Crippen LogP contribution is 2.27. The second-order valence-electron chi connectivity index (χ2n) is 4.56. The summed E-state index contributed by atoms with van der Waals surface area (Å²) in [6.07, 6.45) is 0.609. The highest BCUT2D eigenvalue weighted by atomic mass is 16.6. The SMILES string of the molecule is CCOC(=O)N1CCC(c2ccc(C(=O)O)cc2)C1. The predicted molar refractivity (Wildman–Crippen MR) is 69.4 cm³/mol. The van der Waals surface area contributed by atoms with E-state index in [1.54, 1.807) is 24.0 Å². The number of likely N-dealkylation sites (tertiary alicyclic amines) is 1. The molecule has 0 saturated carbocycles. The molecule has 5 heteroatoms. The van der Waals surface area contributed by atoms with Crippen LogP contribution < -0.4 is 0 Å². The van der Waals surface area contributed by atoms with E-state index in [4.69, 9.17) is 9.84 Å². The molecule has 1 atom stereocenters. The number of carboxylic acid groups (broad SMARTS) is 1. The van der Waals surface area contributed by atoms with Crippen molar-refractivity contribution in [3.8, 4) is 0 Å². The fourth-order valence-electron chi connectivity index (χ4n) is 2.31. The summed E-state index contributed by atoms with van der Waals surface area (Å²) in [5.41, 5.74) is 1.35. The maximum Gasteiger partial charge on any atom is 0.409 e. The highest BCUT2D eigenvalue weighted by Gasteiger charge is 2.28.